The van der Waals surface area contributed by atoms with E-state index in [1.54, 1.807) is 19.9 Å². The minimum absolute atomic E-state index is 0.131. The Morgan fingerprint density at radius 2 is 1.94 bits per heavy atom. The number of alkyl halides is 3. The van der Waals surface area contributed by atoms with Gasteiger partial charge < -0.3 is 10.5 Å². The van der Waals surface area contributed by atoms with E-state index in [1.807, 2.05) is 0 Å². The summed E-state index contributed by atoms with van der Waals surface area (Å²) in [5.74, 6) is -0.131. The summed E-state index contributed by atoms with van der Waals surface area (Å²) in [4.78, 5) is 0. The summed E-state index contributed by atoms with van der Waals surface area (Å²) in [5, 5.41) is 0. The lowest BCUT2D eigenvalue weighted by Gasteiger charge is -2.17. The summed E-state index contributed by atoms with van der Waals surface area (Å²) in [5.41, 5.74) is 5.15. The van der Waals surface area contributed by atoms with Crippen LogP contribution in [0.3, 0.4) is 0 Å². The molecule has 0 aromatic heterocycles. The monoisotopic (exact) mass is 247 g/mol. The zero-order valence-electron chi connectivity index (χ0n) is 9.84. The highest BCUT2D eigenvalue weighted by Crippen LogP contribution is 2.37. The number of hydrogen-bond acceptors (Lipinski definition) is 2. The van der Waals surface area contributed by atoms with E-state index < -0.39 is 11.7 Å². The lowest BCUT2D eigenvalue weighted by Crippen LogP contribution is -2.14. The third kappa shape index (κ3) is 3.93. The highest BCUT2D eigenvalue weighted by Gasteiger charge is 2.34. The normalized spacial score (nSPS) is 11.9. The average molecular weight is 247 g/mol. The van der Waals surface area contributed by atoms with E-state index >= 15 is 0 Å². The molecule has 2 N–H and O–H groups in total. The van der Waals surface area contributed by atoms with E-state index in [0.29, 0.717) is 18.5 Å². The Balaban J connectivity index is 3.12. The van der Waals surface area contributed by atoms with Gasteiger partial charge in [-0.1, -0.05) is 6.07 Å². The fourth-order valence-corrected chi connectivity index (χ4v) is 1.48. The van der Waals surface area contributed by atoms with Crippen molar-refractivity contribution in [2.24, 2.45) is 5.73 Å². The Hall–Kier alpha value is -1.23. The van der Waals surface area contributed by atoms with Crippen LogP contribution in [-0.4, -0.2) is 12.6 Å². The van der Waals surface area contributed by atoms with Crippen LogP contribution >= 0.6 is 0 Å². The van der Waals surface area contributed by atoms with Gasteiger partial charge in [0.15, 0.2) is 0 Å². The molecular formula is C12H16F3NO. The van der Waals surface area contributed by atoms with Crippen molar-refractivity contribution < 1.29 is 17.9 Å². The molecule has 0 spiro atoms. The first-order valence-corrected chi connectivity index (χ1v) is 5.41. The van der Waals surface area contributed by atoms with Crippen molar-refractivity contribution in [2.75, 3.05) is 6.54 Å². The molecule has 0 bridgehead atoms. The number of ether oxygens (including phenoxy) is 1. The number of nitrogens with two attached hydrogens (primary N) is 1. The maximum Gasteiger partial charge on any atom is 0.419 e. The Bertz CT molecular complexity index is 375. The fourth-order valence-electron chi connectivity index (χ4n) is 1.48. The molecule has 17 heavy (non-hydrogen) atoms. The summed E-state index contributed by atoms with van der Waals surface area (Å²) >= 11 is 0. The molecule has 1 aromatic carbocycles. The number of rotatable bonds is 4. The molecule has 0 unspecified atom stereocenters. The van der Waals surface area contributed by atoms with Crippen LogP contribution in [0.15, 0.2) is 18.2 Å². The van der Waals surface area contributed by atoms with Crippen molar-refractivity contribution in [2.45, 2.75) is 32.5 Å². The fraction of sp³-hybridized carbons (Fsp3) is 0.500. The minimum atomic E-state index is -4.41. The Labute approximate surface area is 98.6 Å². The molecule has 0 heterocycles. The smallest absolute Gasteiger partial charge is 0.419 e. The molecule has 0 aliphatic heterocycles. The maximum absolute atomic E-state index is 12.8. The highest BCUT2D eigenvalue weighted by atomic mass is 19.4. The highest BCUT2D eigenvalue weighted by molar-refractivity contribution is 5.39. The van der Waals surface area contributed by atoms with Gasteiger partial charge in [0.25, 0.3) is 0 Å². The van der Waals surface area contributed by atoms with E-state index in [2.05, 4.69) is 0 Å². The van der Waals surface area contributed by atoms with Crippen LogP contribution in [0.5, 0.6) is 5.75 Å². The molecule has 0 aliphatic rings. The van der Waals surface area contributed by atoms with Crippen LogP contribution in [-0.2, 0) is 12.6 Å². The van der Waals surface area contributed by atoms with Gasteiger partial charge in [-0.25, -0.2) is 0 Å². The second kappa shape index (κ2) is 5.40. The molecule has 0 aliphatic carbocycles. The van der Waals surface area contributed by atoms with Crippen molar-refractivity contribution in [3.05, 3.63) is 29.3 Å². The first-order chi connectivity index (χ1) is 7.84. The molecule has 2 nitrogen and oxygen atoms in total. The number of hydrogen-bond donors (Lipinski definition) is 1. The summed E-state index contributed by atoms with van der Waals surface area (Å²) in [7, 11) is 0. The topological polar surface area (TPSA) is 35.2 Å². The van der Waals surface area contributed by atoms with Gasteiger partial charge in [-0.3, -0.25) is 0 Å². The van der Waals surface area contributed by atoms with Crippen molar-refractivity contribution >= 4 is 0 Å². The standard InChI is InChI=1S/C12H16F3NO/c1-8(2)17-11-4-3-9(5-6-16)7-10(11)12(13,14)15/h3-4,7-8H,5-6,16H2,1-2H3. The lowest BCUT2D eigenvalue weighted by atomic mass is 10.1. The maximum atomic E-state index is 12.8. The third-order valence-electron chi connectivity index (χ3n) is 2.15. The first-order valence-electron chi connectivity index (χ1n) is 5.41. The molecule has 0 radical (unpaired) electrons. The molecule has 96 valence electrons. The molecule has 5 heteroatoms. The van der Waals surface area contributed by atoms with E-state index in [9.17, 15) is 13.2 Å². The van der Waals surface area contributed by atoms with Crippen molar-refractivity contribution in [1.29, 1.82) is 0 Å². The van der Waals surface area contributed by atoms with Gasteiger partial charge in [0.1, 0.15) is 5.75 Å². The second-order valence-electron chi connectivity index (χ2n) is 4.03. The zero-order chi connectivity index (χ0) is 13.1. The van der Waals surface area contributed by atoms with Crippen molar-refractivity contribution in [3.63, 3.8) is 0 Å². The van der Waals surface area contributed by atoms with Crippen LogP contribution in [0, 0.1) is 0 Å². The Morgan fingerprint density at radius 3 is 2.41 bits per heavy atom. The summed E-state index contributed by atoms with van der Waals surface area (Å²) in [6.07, 6.45) is -4.28. The van der Waals surface area contributed by atoms with Gasteiger partial charge in [0.05, 0.1) is 11.7 Å². The zero-order valence-corrected chi connectivity index (χ0v) is 9.84. The molecule has 1 rings (SSSR count). The second-order valence-corrected chi connectivity index (χ2v) is 4.03. The van der Waals surface area contributed by atoms with E-state index in [1.165, 1.54) is 6.07 Å². The molecule has 1 aromatic rings. The summed E-state index contributed by atoms with van der Waals surface area (Å²) in [6.45, 7) is 3.70. The van der Waals surface area contributed by atoms with Crippen LogP contribution in [0.2, 0.25) is 0 Å². The predicted molar refractivity (Wildman–Crippen MR) is 60.0 cm³/mol. The van der Waals surface area contributed by atoms with Gasteiger partial charge in [-0.05, 0) is 44.5 Å². The number of benzene rings is 1. The molecule has 0 atom stereocenters. The largest absolute Gasteiger partial charge is 0.490 e. The van der Waals surface area contributed by atoms with Gasteiger partial charge >= 0.3 is 6.18 Å². The van der Waals surface area contributed by atoms with E-state index in [-0.39, 0.29) is 11.9 Å². The SMILES string of the molecule is CC(C)Oc1ccc(CCN)cc1C(F)(F)F. The van der Waals surface area contributed by atoms with E-state index in [4.69, 9.17) is 10.5 Å². The van der Waals surface area contributed by atoms with Crippen LogP contribution in [0.1, 0.15) is 25.0 Å². The van der Waals surface area contributed by atoms with E-state index in [0.717, 1.165) is 6.07 Å². The molecule has 0 fully saturated rings. The van der Waals surface area contributed by atoms with Crippen LogP contribution in [0.4, 0.5) is 13.2 Å². The first kappa shape index (κ1) is 13.8. The number of halogens is 3. The predicted octanol–water partition coefficient (Wildman–Crippen LogP) is 2.99. The minimum Gasteiger partial charge on any atom is -0.490 e. The Morgan fingerprint density at radius 1 is 1.29 bits per heavy atom. The van der Waals surface area contributed by atoms with Crippen molar-refractivity contribution in [1.82, 2.24) is 0 Å². The van der Waals surface area contributed by atoms with Gasteiger partial charge in [0, 0.05) is 0 Å². The van der Waals surface area contributed by atoms with Crippen molar-refractivity contribution in [3.8, 4) is 5.75 Å². The van der Waals surface area contributed by atoms with Crippen LogP contribution < -0.4 is 10.5 Å². The third-order valence-corrected chi connectivity index (χ3v) is 2.15. The molecule has 0 saturated carbocycles. The Kier molecular flexibility index (Phi) is 4.40. The van der Waals surface area contributed by atoms with Gasteiger partial charge in [0.2, 0.25) is 0 Å². The summed E-state index contributed by atoms with van der Waals surface area (Å²) in [6, 6.07) is 4.07. The van der Waals surface area contributed by atoms with Crippen LogP contribution in [0.25, 0.3) is 0 Å². The van der Waals surface area contributed by atoms with Gasteiger partial charge in [-0.2, -0.15) is 13.2 Å². The summed E-state index contributed by atoms with van der Waals surface area (Å²) < 4.78 is 43.6. The molecule has 0 saturated heterocycles. The van der Waals surface area contributed by atoms with Gasteiger partial charge in [-0.15, -0.1) is 0 Å². The average Bonchev–Trinajstić information content (AvgIpc) is 2.18. The quantitative estimate of drug-likeness (QED) is 0.887. The molecule has 0 amide bonds. The lowest BCUT2D eigenvalue weighted by molar-refractivity contribution is -0.139. The molecular weight excluding hydrogens is 231 g/mol.